The summed E-state index contributed by atoms with van der Waals surface area (Å²) < 4.78 is 28.1. The predicted octanol–water partition coefficient (Wildman–Crippen LogP) is -3.07. The third kappa shape index (κ3) is 5.61. The average molecular weight is 627 g/mol. The maximum Gasteiger partial charge on any atom is 0.229 e. The van der Waals surface area contributed by atoms with Crippen molar-refractivity contribution >= 4 is 11.0 Å². The number of fused-ring (bicyclic) bond motifs is 1. The second kappa shape index (κ2) is 12.3. The van der Waals surface area contributed by atoms with E-state index >= 15 is 0 Å². The molecule has 2 aromatic carbocycles. The molecule has 2 fully saturated rings. The fourth-order valence-electron chi connectivity index (χ4n) is 4.86. The second-order valence-electron chi connectivity index (χ2n) is 10.2. The van der Waals surface area contributed by atoms with Crippen LogP contribution in [0.15, 0.2) is 39.5 Å². The Morgan fingerprint density at radius 3 is 1.77 bits per heavy atom. The highest BCUT2D eigenvalue weighted by Crippen LogP contribution is 2.44. The van der Waals surface area contributed by atoms with E-state index in [0.29, 0.717) is 0 Å². The first-order valence-electron chi connectivity index (χ1n) is 13.2. The minimum absolute atomic E-state index is 0.0674. The average Bonchev–Trinajstić information content (AvgIpc) is 3.00. The fourth-order valence-corrected chi connectivity index (χ4v) is 4.86. The summed E-state index contributed by atoms with van der Waals surface area (Å²) in [7, 11) is 0. The molecule has 0 bridgehead atoms. The van der Waals surface area contributed by atoms with Crippen molar-refractivity contribution in [2.75, 3.05) is 13.2 Å². The van der Waals surface area contributed by atoms with Gasteiger partial charge in [0.2, 0.25) is 18.3 Å². The van der Waals surface area contributed by atoms with Crippen LogP contribution >= 0.6 is 0 Å². The van der Waals surface area contributed by atoms with Crippen LogP contribution in [0.5, 0.6) is 28.7 Å². The fraction of sp³-hybridized carbons (Fsp3) is 0.444. The zero-order valence-corrected chi connectivity index (χ0v) is 22.4. The standard InChI is InChI=1S/C27H30O17/c28-6-15-18(34)20(36)22(38)26(42-15)41-14-5-12(33)17-11(32)4-13(8-1-2-9(30)10(31)3-8)40-25(17)24(14)44-27-23(39)21(37)19(35)16(7-29)43-27/h1-5,15-16,18-23,26-31,33-39H,6-7H2. The van der Waals surface area contributed by atoms with Crippen molar-refractivity contribution in [3.63, 3.8) is 0 Å². The van der Waals surface area contributed by atoms with Gasteiger partial charge in [0.25, 0.3) is 0 Å². The van der Waals surface area contributed by atoms with Crippen LogP contribution in [-0.2, 0) is 9.47 Å². The number of aliphatic hydroxyl groups excluding tert-OH is 8. The third-order valence-electron chi connectivity index (χ3n) is 7.34. The Bertz CT molecular complexity index is 1550. The molecule has 0 radical (unpaired) electrons. The molecule has 2 aliphatic heterocycles. The smallest absolute Gasteiger partial charge is 0.229 e. The molecule has 5 rings (SSSR count). The zero-order valence-electron chi connectivity index (χ0n) is 22.4. The Hall–Kier alpha value is -3.75. The lowest BCUT2D eigenvalue weighted by atomic mass is 9.99. The highest BCUT2D eigenvalue weighted by molar-refractivity contribution is 5.91. The van der Waals surface area contributed by atoms with Gasteiger partial charge in [0.1, 0.15) is 65.7 Å². The lowest BCUT2D eigenvalue weighted by Crippen LogP contribution is -2.60. The van der Waals surface area contributed by atoms with Crippen molar-refractivity contribution in [2.45, 2.75) is 61.4 Å². The van der Waals surface area contributed by atoms with Crippen LogP contribution in [0.25, 0.3) is 22.3 Å². The summed E-state index contributed by atoms with van der Waals surface area (Å²) in [6.45, 7) is -1.63. The minimum Gasteiger partial charge on any atom is -0.507 e. The van der Waals surface area contributed by atoms with Gasteiger partial charge < -0.3 is 79.5 Å². The number of phenolic OH excluding ortho intramolecular Hbond substituents is 3. The van der Waals surface area contributed by atoms with Gasteiger partial charge in [0, 0.05) is 17.7 Å². The molecule has 2 aliphatic rings. The number of phenols is 3. The van der Waals surface area contributed by atoms with Crippen molar-refractivity contribution in [3.8, 4) is 40.1 Å². The molecule has 2 saturated heterocycles. The highest BCUT2D eigenvalue weighted by Gasteiger charge is 2.47. The molecule has 10 atom stereocenters. The molecule has 3 aromatic rings. The topological polar surface area (TPSA) is 290 Å². The predicted molar refractivity (Wildman–Crippen MR) is 142 cm³/mol. The van der Waals surface area contributed by atoms with Gasteiger partial charge in [-0.3, -0.25) is 4.79 Å². The Morgan fingerprint density at radius 1 is 0.659 bits per heavy atom. The highest BCUT2D eigenvalue weighted by atomic mass is 16.7. The molecule has 17 heteroatoms. The SMILES string of the molecule is O=c1cc(-c2ccc(O)c(O)c2)oc2c(OC3OC(CO)C(O)C(O)C3O)c(OC3OC(CO)C(O)C(O)C3O)cc(O)c12. The maximum absolute atomic E-state index is 13.2. The van der Waals surface area contributed by atoms with Crippen LogP contribution in [0.4, 0.5) is 0 Å². The first-order chi connectivity index (χ1) is 20.9. The summed E-state index contributed by atoms with van der Waals surface area (Å²) in [5, 5.41) is 111. The van der Waals surface area contributed by atoms with Crippen molar-refractivity contribution in [1.82, 2.24) is 0 Å². The zero-order chi connectivity index (χ0) is 32.0. The first-order valence-corrected chi connectivity index (χ1v) is 13.2. The van der Waals surface area contributed by atoms with Gasteiger partial charge in [-0.2, -0.15) is 0 Å². The van der Waals surface area contributed by atoms with Crippen LogP contribution in [0, 0.1) is 0 Å². The van der Waals surface area contributed by atoms with E-state index in [4.69, 9.17) is 23.4 Å². The van der Waals surface area contributed by atoms with E-state index in [-0.39, 0.29) is 11.3 Å². The Labute approximate surface area is 246 Å². The molecule has 0 amide bonds. The summed E-state index contributed by atoms with van der Waals surface area (Å²) in [6.07, 6.45) is -17.8. The van der Waals surface area contributed by atoms with Crippen molar-refractivity contribution in [1.29, 1.82) is 0 Å². The summed E-state index contributed by atoms with van der Waals surface area (Å²) in [5.41, 5.74) is -1.36. The molecule has 3 heterocycles. The third-order valence-corrected chi connectivity index (χ3v) is 7.34. The molecular weight excluding hydrogens is 596 g/mol. The molecule has 10 unspecified atom stereocenters. The van der Waals surface area contributed by atoms with Crippen LogP contribution in [0.3, 0.4) is 0 Å². The van der Waals surface area contributed by atoms with Gasteiger partial charge in [-0.1, -0.05) is 0 Å². The lowest BCUT2D eigenvalue weighted by molar-refractivity contribution is -0.282. The summed E-state index contributed by atoms with van der Waals surface area (Å²) in [6, 6.07) is 5.23. The molecule has 17 nitrogen and oxygen atoms in total. The number of rotatable bonds is 7. The van der Waals surface area contributed by atoms with E-state index in [2.05, 4.69) is 0 Å². The molecule has 0 spiro atoms. The molecule has 1 aromatic heterocycles. The molecule has 0 aliphatic carbocycles. The largest absolute Gasteiger partial charge is 0.507 e. The van der Waals surface area contributed by atoms with Crippen molar-refractivity contribution in [2.24, 2.45) is 0 Å². The monoisotopic (exact) mass is 626 g/mol. The van der Waals surface area contributed by atoms with E-state index in [1.807, 2.05) is 0 Å². The van der Waals surface area contributed by atoms with E-state index in [0.717, 1.165) is 24.3 Å². The molecular formula is C27H30O17. The Balaban J connectivity index is 1.67. The van der Waals surface area contributed by atoms with Gasteiger partial charge in [-0.15, -0.1) is 0 Å². The van der Waals surface area contributed by atoms with Gasteiger partial charge >= 0.3 is 0 Å². The number of aliphatic hydroxyl groups is 8. The summed E-state index contributed by atoms with van der Waals surface area (Å²) in [4.78, 5) is 13.2. The van der Waals surface area contributed by atoms with E-state index < -0.39 is 120 Å². The molecule has 44 heavy (non-hydrogen) atoms. The normalized spacial score (nSPS) is 32.5. The maximum atomic E-state index is 13.2. The van der Waals surface area contributed by atoms with Gasteiger partial charge in [-0.25, -0.2) is 0 Å². The van der Waals surface area contributed by atoms with Crippen molar-refractivity contribution in [3.05, 3.63) is 40.6 Å². The number of hydrogen-bond donors (Lipinski definition) is 11. The molecule has 0 saturated carbocycles. The number of hydrogen-bond acceptors (Lipinski definition) is 17. The van der Waals surface area contributed by atoms with Gasteiger partial charge in [-0.05, 0) is 18.2 Å². The van der Waals surface area contributed by atoms with Crippen molar-refractivity contribution < 1.29 is 79.5 Å². The van der Waals surface area contributed by atoms with Gasteiger partial charge in [0.15, 0.2) is 28.3 Å². The molecule has 240 valence electrons. The number of aromatic hydroxyl groups is 3. The van der Waals surface area contributed by atoms with Crippen LogP contribution in [0.2, 0.25) is 0 Å². The number of ether oxygens (including phenoxy) is 4. The number of benzene rings is 2. The Kier molecular flexibility index (Phi) is 8.87. The summed E-state index contributed by atoms with van der Waals surface area (Å²) >= 11 is 0. The second-order valence-corrected chi connectivity index (χ2v) is 10.2. The lowest BCUT2D eigenvalue weighted by Gasteiger charge is -2.40. The van der Waals surface area contributed by atoms with Crippen LogP contribution < -0.4 is 14.9 Å². The first kappa shape index (κ1) is 31.7. The minimum atomic E-state index is -1.97. The van der Waals surface area contributed by atoms with Crippen LogP contribution in [0.1, 0.15) is 0 Å². The summed E-state index contributed by atoms with van der Waals surface area (Å²) in [5.74, 6) is -3.23. The van der Waals surface area contributed by atoms with Crippen LogP contribution in [-0.4, -0.2) is 131 Å². The quantitative estimate of drug-likeness (QED) is 0.116. The molecule has 11 N–H and O–H groups in total. The van der Waals surface area contributed by atoms with E-state index in [9.17, 15) is 61.0 Å². The van der Waals surface area contributed by atoms with E-state index in [1.54, 1.807) is 0 Å². The Morgan fingerprint density at radius 2 is 1.23 bits per heavy atom. The van der Waals surface area contributed by atoms with Gasteiger partial charge in [0.05, 0.1) is 13.2 Å². The van der Waals surface area contributed by atoms with E-state index in [1.165, 1.54) is 6.07 Å².